The van der Waals surface area contributed by atoms with Crippen molar-refractivity contribution in [1.82, 2.24) is 0 Å². The van der Waals surface area contributed by atoms with Crippen LogP contribution in [0.1, 0.15) is 11.7 Å². The van der Waals surface area contributed by atoms with Gasteiger partial charge in [-0.2, -0.15) is 0 Å². The highest BCUT2D eigenvalue weighted by atomic mass is 16.5. The van der Waals surface area contributed by atoms with Crippen molar-refractivity contribution in [2.45, 2.75) is 6.10 Å². The number of rotatable bonds is 3. The molecule has 1 aromatic rings. The SMILES string of the molecule is COC(=O)[C@H]1C=CO[C@H]1c1ccc(OC)cc1. The third-order valence-corrected chi connectivity index (χ3v) is 2.75. The summed E-state index contributed by atoms with van der Waals surface area (Å²) in [5.41, 5.74) is 0.922. The van der Waals surface area contributed by atoms with Gasteiger partial charge in [-0.05, 0) is 23.8 Å². The Kier molecular flexibility index (Phi) is 3.32. The van der Waals surface area contributed by atoms with E-state index in [1.54, 1.807) is 13.2 Å². The first kappa shape index (κ1) is 11.5. The summed E-state index contributed by atoms with van der Waals surface area (Å²) in [5, 5.41) is 0. The summed E-state index contributed by atoms with van der Waals surface area (Å²) >= 11 is 0. The monoisotopic (exact) mass is 234 g/mol. The quantitative estimate of drug-likeness (QED) is 0.751. The summed E-state index contributed by atoms with van der Waals surface area (Å²) in [5.74, 6) is 0.0993. The van der Waals surface area contributed by atoms with Crippen LogP contribution in [-0.4, -0.2) is 20.2 Å². The molecule has 0 aromatic heterocycles. The summed E-state index contributed by atoms with van der Waals surface area (Å²) < 4.78 is 15.2. The molecule has 4 nitrogen and oxygen atoms in total. The standard InChI is InChI=1S/C13H14O4/c1-15-10-5-3-9(4-6-10)12-11(7-8-17-12)13(14)16-2/h3-8,11-12H,1-2H3/t11-,12-/m0/s1. The molecule has 17 heavy (non-hydrogen) atoms. The maximum Gasteiger partial charge on any atom is 0.316 e. The van der Waals surface area contributed by atoms with Crippen LogP contribution >= 0.6 is 0 Å². The fourth-order valence-corrected chi connectivity index (χ4v) is 1.82. The molecule has 0 aliphatic carbocycles. The zero-order valence-electron chi connectivity index (χ0n) is 9.75. The van der Waals surface area contributed by atoms with Crippen LogP contribution in [0.3, 0.4) is 0 Å². The molecule has 1 heterocycles. The number of hydrogen-bond acceptors (Lipinski definition) is 4. The Balaban J connectivity index is 2.18. The van der Waals surface area contributed by atoms with Gasteiger partial charge in [0.25, 0.3) is 0 Å². The maximum absolute atomic E-state index is 11.5. The normalized spacial score (nSPS) is 22.0. The van der Waals surface area contributed by atoms with Crippen molar-refractivity contribution in [1.29, 1.82) is 0 Å². The summed E-state index contributed by atoms with van der Waals surface area (Å²) in [6.07, 6.45) is 2.94. The fraction of sp³-hybridized carbons (Fsp3) is 0.308. The number of benzene rings is 1. The molecule has 1 aromatic carbocycles. The summed E-state index contributed by atoms with van der Waals surface area (Å²) in [6, 6.07) is 7.44. The Labute approximate surface area is 99.8 Å². The minimum absolute atomic E-state index is 0.292. The molecule has 0 amide bonds. The van der Waals surface area contributed by atoms with Gasteiger partial charge < -0.3 is 14.2 Å². The third kappa shape index (κ3) is 2.25. The Morgan fingerprint density at radius 1 is 1.24 bits per heavy atom. The van der Waals surface area contributed by atoms with E-state index in [4.69, 9.17) is 14.2 Å². The molecule has 0 bridgehead atoms. The van der Waals surface area contributed by atoms with E-state index in [1.165, 1.54) is 13.4 Å². The molecule has 90 valence electrons. The first-order valence-corrected chi connectivity index (χ1v) is 5.30. The van der Waals surface area contributed by atoms with Crippen LogP contribution in [-0.2, 0) is 14.3 Å². The van der Waals surface area contributed by atoms with E-state index in [9.17, 15) is 4.79 Å². The van der Waals surface area contributed by atoms with Gasteiger partial charge in [0.15, 0.2) is 0 Å². The summed E-state index contributed by atoms with van der Waals surface area (Å²) in [6.45, 7) is 0. The lowest BCUT2D eigenvalue weighted by molar-refractivity contribution is -0.146. The molecule has 2 rings (SSSR count). The topological polar surface area (TPSA) is 44.8 Å². The molecule has 2 atom stereocenters. The Morgan fingerprint density at radius 2 is 1.94 bits per heavy atom. The van der Waals surface area contributed by atoms with E-state index in [0.717, 1.165) is 11.3 Å². The van der Waals surface area contributed by atoms with Gasteiger partial charge in [0.05, 0.1) is 20.5 Å². The van der Waals surface area contributed by atoms with Gasteiger partial charge in [-0.15, -0.1) is 0 Å². The van der Waals surface area contributed by atoms with Crippen LogP contribution in [0.4, 0.5) is 0 Å². The second kappa shape index (κ2) is 4.91. The van der Waals surface area contributed by atoms with Gasteiger partial charge in [0, 0.05) is 0 Å². The first-order chi connectivity index (χ1) is 8.26. The molecule has 4 heteroatoms. The number of esters is 1. The molecule has 0 radical (unpaired) electrons. The van der Waals surface area contributed by atoms with E-state index in [1.807, 2.05) is 24.3 Å². The van der Waals surface area contributed by atoms with Crippen LogP contribution in [0.5, 0.6) is 5.75 Å². The lowest BCUT2D eigenvalue weighted by Gasteiger charge is -2.17. The maximum atomic E-state index is 11.5. The largest absolute Gasteiger partial charge is 0.497 e. The number of carbonyl (C=O) groups excluding carboxylic acids is 1. The molecule has 0 unspecified atom stereocenters. The summed E-state index contributed by atoms with van der Waals surface area (Å²) in [7, 11) is 2.99. The first-order valence-electron chi connectivity index (χ1n) is 5.30. The fourth-order valence-electron chi connectivity index (χ4n) is 1.82. The average Bonchev–Trinajstić information content (AvgIpc) is 2.87. The van der Waals surface area contributed by atoms with Crippen molar-refractivity contribution < 1.29 is 19.0 Å². The molecule has 0 saturated heterocycles. The predicted octanol–water partition coefficient (Wildman–Crippen LogP) is 2.07. The van der Waals surface area contributed by atoms with E-state index < -0.39 is 0 Å². The van der Waals surface area contributed by atoms with Crippen LogP contribution in [0, 0.1) is 5.92 Å². The summed E-state index contributed by atoms with van der Waals surface area (Å²) in [4.78, 5) is 11.5. The van der Waals surface area contributed by atoms with Crippen molar-refractivity contribution in [3.05, 3.63) is 42.2 Å². The highest BCUT2D eigenvalue weighted by Gasteiger charge is 2.33. The molecule has 1 aliphatic heterocycles. The number of hydrogen-bond donors (Lipinski definition) is 0. The van der Waals surface area contributed by atoms with Crippen molar-refractivity contribution in [3.8, 4) is 5.75 Å². The minimum atomic E-state index is -0.381. The Hall–Kier alpha value is -1.97. The van der Waals surface area contributed by atoms with Gasteiger partial charge in [0.1, 0.15) is 17.8 Å². The molecular weight excluding hydrogens is 220 g/mol. The van der Waals surface area contributed by atoms with Crippen molar-refractivity contribution in [2.75, 3.05) is 14.2 Å². The Morgan fingerprint density at radius 3 is 2.53 bits per heavy atom. The number of carbonyl (C=O) groups is 1. The van der Waals surface area contributed by atoms with E-state index in [-0.39, 0.29) is 18.0 Å². The predicted molar refractivity (Wildman–Crippen MR) is 61.5 cm³/mol. The highest BCUT2D eigenvalue weighted by Crippen LogP contribution is 2.33. The van der Waals surface area contributed by atoms with Crippen molar-refractivity contribution >= 4 is 5.97 Å². The van der Waals surface area contributed by atoms with E-state index in [2.05, 4.69) is 0 Å². The van der Waals surface area contributed by atoms with Crippen LogP contribution in [0.25, 0.3) is 0 Å². The molecule has 1 aliphatic rings. The Bertz CT molecular complexity index is 422. The van der Waals surface area contributed by atoms with Gasteiger partial charge in [0.2, 0.25) is 0 Å². The zero-order chi connectivity index (χ0) is 12.3. The number of ether oxygens (including phenoxy) is 3. The molecule has 0 fully saturated rings. The van der Waals surface area contributed by atoms with E-state index >= 15 is 0 Å². The number of methoxy groups -OCH3 is 2. The minimum Gasteiger partial charge on any atom is -0.497 e. The van der Waals surface area contributed by atoms with Gasteiger partial charge in [-0.25, -0.2) is 0 Å². The molecular formula is C13H14O4. The second-order valence-electron chi connectivity index (χ2n) is 3.71. The van der Waals surface area contributed by atoms with E-state index in [0.29, 0.717) is 0 Å². The van der Waals surface area contributed by atoms with Gasteiger partial charge in [-0.3, -0.25) is 4.79 Å². The lowest BCUT2D eigenvalue weighted by Crippen LogP contribution is -2.19. The molecule has 0 saturated carbocycles. The zero-order valence-corrected chi connectivity index (χ0v) is 9.75. The highest BCUT2D eigenvalue weighted by molar-refractivity contribution is 5.75. The van der Waals surface area contributed by atoms with Crippen LogP contribution < -0.4 is 4.74 Å². The van der Waals surface area contributed by atoms with Crippen LogP contribution in [0.15, 0.2) is 36.6 Å². The molecule has 0 N–H and O–H groups in total. The second-order valence-corrected chi connectivity index (χ2v) is 3.71. The lowest BCUT2D eigenvalue weighted by atomic mass is 9.97. The van der Waals surface area contributed by atoms with Gasteiger partial charge in [-0.1, -0.05) is 12.1 Å². The van der Waals surface area contributed by atoms with Gasteiger partial charge >= 0.3 is 5.97 Å². The molecule has 0 spiro atoms. The van der Waals surface area contributed by atoms with Crippen LogP contribution in [0.2, 0.25) is 0 Å². The third-order valence-electron chi connectivity index (χ3n) is 2.75. The average molecular weight is 234 g/mol. The van der Waals surface area contributed by atoms with Crippen molar-refractivity contribution in [2.24, 2.45) is 5.92 Å². The van der Waals surface area contributed by atoms with Crippen molar-refractivity contribution in [3.63, 3.8) is 0 Å². The smallest absolute Gasteiger partial charge is 0.316 e.